The lowest BCUT2D eigenvalue weighted by atomic mass is 9.36. The summed E-state index contributed by atoms with van der Waals surface area (Å²) in [5.41, 5.74) is 1.88. The smallest absolute Gasteiger partial charge is 0.0235 e. The number of hydrogen-bond acceptors (Lipinski definition) is 0. The minimum atomic E-state index is 0.613. The Morgan fingerprint density at radius 1 is 0.750 bits per heavy atom. The van der Waals surface area contributed by atoms with Gasteiger partial charge in [0.15, 0.2) is 0 Å². The molecule has 0 nitrogen and oxygen atoms in total. The molecule has 4 saturated carbocycles. The van der Waals surface area contributed by atoms with Crippen molar-refractivity contribution in [2.45, 2.75) is 99.3 Å². The first-order valence-corrected chi connectivity index (χ1v) is 11.2. The fraction of sp³-hybridized carbons (Fsp3) is 1.00. The van der Waals surface area contributed by atoms with Gasteiger partial charge in [0.05, 0.1) is 0 Å². The Hall–Kier alpha value is 0. The van der Waals surface area contributed by atoms with Gasteiger partial charge in [-0.2, -0.15) is 0 Å². The highest BCUT2D eigenvalue weighted by Crippen LogP contribution is 2.74. The van der Waals surface area contributed by atoms with Gasteiger partial charge in [-0.1, -0.05) is 54.4 Å². The number of hydrogen-bond donors (Lipinski definition) is 0. The molecule has 8 atom stereocenters. The third-order valence-electron chi connectivity index (χ3n) is 10.7. The summed E-state index contributed by atoms with van der Waals surface area (Å²) in [4.78, 5) is 0. The number of fused-ring (bicyclic) bond motifs is 5. The van der Waals surface area contributed by atoms with E-state index in [-0.39, 0.29) is 0 Å². The first-order chi connectivity index (χ1) is 11.2. The van der Waals surface area contributed by atoms with Gasteiger partial charge < -0.3 is 0 Å². The van der Waals surface area contributed by atoms with E-state index in [0.717, 1.165) is 35.5 Å². The van der Waals surface area contributed by atoms with Crippen molar-refractivity contribution in [2.24, 2.45) is 51.8 Å². The van der Waals surface area contributed by atoms with Crippen LogP contribution >= 0.6 is 0 Å². The van der Waals surface area contributed by atoms with E-state index in [9.17, 15) is 0 Å². The van der Waals surface area contributed by atoms with E-state index in [4.69, 9.17) is 0 Å². The molecule has 4 fully saturated rings. The summed E-state index contributed by atoms with van der Waals surface area (Å²) in [5.74, 6) is 5.91. The van der Waals surface area contributed by atoms with E-state index >= 15 is 0 Å². The van der Waals surface area contributed by atoms with Crippen LogP contribution in [-0.4, -0.2) is 0 Å². The second-order valence-corrected chi connectivity index (χ2v) is 11.5. The fourth-order valence-corrected chi connectivity index (χ4v) is 9.28. The standard InChI is InChI=1S/C24H42/c1-16(2)18-11-14-22(4)20(18)12-15-24(6)21(22)10-9-19-17(3)8-7-13-23(19,24)5/h16-21H,7-15H2,1-6H3/t17-,18+,19+,20+,21+,22-,23+,24+/m0/s1. The molecule has 0 aliphatic heterocycles. The van der Waals surface area contributed by atoms with Crippen molar-refractivity contribution in [2.75, 3.05) is 0 Å². The van der Waals surface area contributed by atoms with Gasteiger partial charge >= 0.3 is 0 Å². The van der Waals surface area contributed by atoms with Crippen molar-refractivity contribution in [1.29, 1.82) is 0 Å². The molecule has 138 valence electrons. The summed E-state index contributed by atoms with van der Waals surface area (Å²) in [6.45, 7) is 15.8. The quantitative estimate of drug-likeness (QED) is 0.472. The molecule has 0 heterocycles. The third kappa shape index (κ3) is 2.04. The monoisotopic (exact) mass is 330 g/mol. The molecule has 0 aromatic rings. The minimum Gasteiger partial charge on any atom is -0.0625 e. The van der Waals surface area contributed by atoms with Crippen molar-refractivity contribution in [3.63, 3.8) is 0 Å². The minimum absolute atomic E-state index is 0.613. The van der Waals surface area contributed by atoms with Crippen LogP contribution in [0.1, 0.15) is 99.3 Å². The molecule has 4 rings (SSSR count). The van der Waals surface area contributed by atoms with Crippen molar-refractivity contribution in [3.05, 3.63) is 0 Å². The van der Waals surface area contributed by atoms with Crippen molar-refractivity contribution in [3.8, 4) is 0 Å². The molecule has 24 heavy (non-hydrogen) atoms. The van der Waals surface area contributed by atoms with Crippen LogP contribution in [0.25, 0.3) is 0 Å². The molecule has 0 aromatic heterocycles. The van der Waals surface area contributed by atoms with Gasteiger partial charge in [0.1, 0.15) is 0 Å². The maximum absolute atomic E-state index is 2.76. The molecule has 4 aliphatic rings. The summed E-state index contributed by atoms with van der Waals surface area (Å²) in [6, 6.07) is 0. The second-order valence-electron chi connectivity index (χ2n) is 11.5. The molecule has 0 saturated heterocycles. The highest BCUT2D eigenvalue weighted by molar-refractivity contribution is 5.15. The molecule has 0 bridgehead atoms. The molecular formula is C24H42. The molecule has 0 aromatic carbocycles. The van der Waals surface area contributed by atoms with Crippen LogP contribution in [0.3, 0.4) is 0 Å². The van der Waals surface area contributed by atoms with Gasteiger partial charge in [-0.15, -0.1) is 0 Å². The van der Waals surface area contributed by atoms with Crippen LogP contribution < -0.4 is 0 Å². The maximum atomic E-state index is 2.76. The van der Waals surface area contributed by atoms with Crippen LogP contribution in [0, 0.1) is 51.8 Å². The van der Waals surface area contributed by atoms with Gasteiger partial charge in [0.2, 0.25) is 0 Å². The molecule has 4 aliphatic carbocycles. The average molecular weight is 331 g/mol. The van der Waals surface area contributed by atoms with Crippen LogP contribution in [0.15, 0.2) is 0 Å². The predicted octanol–water partition coefficient (Wildman–Crippen LogP) is 7.33. The first kappa shape index (κ1) is 17.4. The van der Waals surface area contributed by atoms with Gasteiger partial charge in [0.25, 0.3) is 0 Å². The topological polar surface area (TPSA) is 0 Å². The van der Waals surface area contributed by atoms with Crippen LogP contribution in [0.2, 0.25) is 0 Å². The maximum Gasteiger partial charge on any atom is -0.0235 e. The fourth-order valence-electron chi connectivity index (χ4n) is 9.28. The van der Waals surface area contributed by atoms with E-state index in [1.54, 1.807) is 6.42 Å². The molecule has 0 heteroatoms. The van der Waals surface area contributed by atoms with Crippen molar-refractivity contribution in [1.82, 2.24) is 0 Å². The number of rotatable bonds is 1. The molecular weight excluding hydrogens is 288 g/mol. The lowest BCUT2D eigenvalue weighted by Gasteiger charge is -2.68. The van der Waals surface area contributed by atoms with E-state index in [2.05, 4.69) is 41.5 Å². The van der Waals surface area contributed by atoms with Crippen LogP contribution in [-0.2, 0) is 0 Å². The van der Waals surface area contributed by atoms with E-state index in [1.165, 1.54) is 51.4 Å². The van der Waals surface area contributed by atoms with Gasteiger partial charge in [-0.3, -0.25) is 0 Å². The van der Waals surface area contributed by atoms with E-state index in [0.29, 0.717) is 16.2 Å². The summed E-state index contributed by atoms with van der Waals surface area (Å²) < 4.78 is 0. The zero-order valence-corrected chi connectivity index (χ0v) is 17.3. The summed E-state index contributed by atoms with van der Waals surface area (Å²) in [7, 11) is 0. The largest absolute Gasteiger partial charge is 0.0625 e. The Morgan fingerprint density at radius 2 is 1.50 bits per heavy atom. The van der Waals surface area contributed by atoms with E-state index in [1.807, 2.05) is 0 Å². The predicted molar refractivity (Wildman–Crippen MR) is 104 cm³/mol. The van der Waals surface area contributed by atoms with Gasteiger partial charge in [-0.05, 0) is 96.7 Å². The molecule has 0 N–H and O–H groups in total. The zero-order valence-electron chi connectivity index (χ0n) is 17.3. The Balaban J connectivity index is 1.71. The Bertz CT molecular complexity index is 492. The molecule has 0 spiro atoms. The zero-order chi connectivity index (χ0) is 17.3. The molecule has 0 unspecified atom stereocenters. The highest BCUT2D eigenvalue weighted by atomic mass is 14.7. The third-order valence-corrected chi connectivity index (χ3v) is 10.7. The first-order valence-electron chi connectivity index (χ1n) is 11.2. The van der Waals surface area contributed by atoms with Crippen LogP contribution in [0.4, 0.5) is 0 Å². The highest BCUT2D eigenvalue weighted by Gasteiger charge is 2.66. The summed E-state index contributed by atoms with van der Waals surface area (Å²) in [5, 5.41) is 0. The summed E-state index contributed by atoms with van der Waals surface area (Å²) in [6.07, 6.45) is 13.7. The van der Waals surface area contributed by atoms with Gasteiger partial charge in [0, 0.05) is 0 Å². The SMILES string of the molecule is CC(C)[C@H]1CC[C@@]2(C)[C@@H]1CC[C@]1(C)[C@@H]2CC[C@@H]2[C@@H](C)CCC[C@]21C. The molecule has 0 radical (unpaired) electrons. The lowest BCUT2D eigenvalue weighted by Crippen LogP contribution is -2.61. The summed E-state index contributed by atoms with van der Waals surface area (Å²) >= 11 is 0. The normalized spacial score (nSPS) is 57.4. The molecule has 0 amide bonds. The van der Waals surface area contributed by atoms with E-state index < -0.39 is 0 Å². The average Bonchev–Trinajstić information content (AvgIpc) is 2.86. The van der Waals surface area contributed by atoms with Crippen molar-refractivity contribution < 1.29 is 0 Å². The Labute approximate surface area is 151 Å². The Morgan fingerprint density at radius 3 is 2.21 bits per heavy atom. The van der Waals surface area contributed by atoms with Crippen molar-refractivity contribution >= 4 is 0 Å². The Kier molecular flexibility index (Phi) is 3.99. The lowest BCUT2D eigenvalue weighted by molar-refractivity contribution is -0.195. The van der Waals surface area contributed by atoms with Crippen LogP contribution in [0.5, 0.6) is 0 Å². The second kappa shape index (κ2) is 5.50. The van der Waals surface area contributed by atoms with Gasteiger partial charge in [-0.25, -0.2) is 0 Å².